The molecule has 0 rings (SSSR count). The Morgan fingerprint density at radius 2 is 1.60 bits per heavy atom. The number of methoxy groups -OCH3 is 1. The molecule has 0 amide bonds. The van der Waals surface area contributed by atoms with Crippen molar-refractivity contribution in [2.45, 2.75) is 60.5 Å². The van der Waals surface area contributed by atoms with Gasteiger partial charge in [-0.1, -0.05) is 34.6 Å². The Kier molecular flexibility index (Phi) is 4.98. The first kappa shape index (κ1) is 14.6. The van der Waals surface area contributed by atoms with Gasteiger partial charge in [0, 0.05) is 18.2 Å². The zero-order valence-corrected chi connectivity index (χ0v) is 11.4. The summed E-state index contributed by atoms with van der Waals surface area (Å²) in [6, 6.07) is 0. The van der Waals surface area contributed by atoms with Crippen LogP contribution < -0.4 is 0 Å². The van der Waals surface area contributed by atoms with Gasteiger partial charge in [0.15, 0.2) is 0 Å². The van der Waals surface area contributed by atoms with Gasteiger partial charge in [-0.25, -0.2) is 0 Å². The van der Waals surface area contributed by atoms with E-state index in [2.05, 4.69) is 34.6 Å². The van der Waals surface area contributed by atoms with E-state index in [-0.39, 0.29) is 16.9 Å². The second-order valence-corrected chi connectivity index (χ2v) is 6.34. The normalized spacial score (nSPS) is 15.1. The zero-order chi connectivity index (χ0) is 12.3. The first-order valence-electron chi connectivity index (χ1n) is 5.67. The lowest BCUT2D eigenvalue weighted by Crippen LogP contribution is -2.30. The highest BCUT2D eigenvalue weighted by Gasteiger charge is 2.28. The maximum Gasteiger partial charge on any atom is 0.0585 e. The zero-order valence-electron chi connectivity index (χ0n) is 11.4. The molecule has 0 radical (unpaired) electrons. The molecule has 1 atom stereocenters. The molecule has 0 aromatic heterocycles. The smallest absolute Gasteiger partial charge is 0.0585 e. The molecule has 0 saturated heterocycles. The van der Waals surface area contributed by atoms with Crippen LogP contribution in [0.15, 0.2) is 0 Å². The number of hydrogen-bond donors (Lipinski definition) is 1. The fourth-order valence-corrected chi connectivity index (χ4v) is 1.64. The lowest BCUT2D eigenvalue weighted by molar-refractivity contribution is 0.0434. The van der Waals surface area contributed by atoms with E-state index in [4.69, 9.17) is 10.1 Å². The molecule has 15 heavy (non-hydrogen) atoms. The lowest BCUT2D eigenvalue weighted by Gasteiger charge is -2.32. The lowest BCUT2D eigenvalue weighted by atomic mass is 9.78. The van der Waals surface area contributed by atoms with E-state index in [1.54, 1.807) is 7.11 Å². The number of rotatable bonds is 5. The third-order valence-corrected chi connectivity index (χ3v) is 2.93. The summed E-state index contributed by atoms with van der Waals surface area (Å²) in [4.78, 5) is 0. The molecule has 0 aromatic rings. The van der Waals surface area contributed by atoms with Crippen LogP contribution in [0, 0.1) is 16.2 Å². The molecule has 0 aromatic carbocycles. The monoisotopic (exact) mass is 213 g/mol. The first-order valence-corrected chi connectivity index (χ1v) is 5.67. The highest BCUT2D eigenvalue weighted by Crippen LogP contribution is 2.31. The van der Waals surface area contributed by atoms with Crippen molar-refractivity contribution in [1.82, 2.24) is 0 Å². The van der Waals surface area contributed by atoms with Crippen LogP contribution >= 0.6 is 0 Å². The topological polar surface area (TPSA) is 33.1 Å². The molecular formula is C13H27NO. The maximum atomic E-state index is 7.74. The Balaban J connectivity index is 4.40. The van der Waals surface area contributed by atoms with Gasteiger partial charge in [-0.05, 0) is 25.2 Å². The third-order valence-electron chi connectivity index (χ3n) is 2.93. The Morgan fingerprint density at radius 3 is 1.87 bits per heavy atom. The van der Waals surface area contributed by atoms with Crippen molar-refractivity contribution in [3.05, 3.63) is 0 Å². The van der Waals surface area contributed by atoms with Gasteiger partial charge in [-0.15, -0.1) is 0 Å². The van der Waals surface area contributed by atoms with E-state index in [0.717, 1.165) is 18.6 Å². The van der Waals surface area contributed by atoms with Crippen LogP contribution in [0.4, 0.5) is 0 Å². The summed E-state index contributed by atoms with van der Waals surface area (Å²) in [5.41, 5.74) is 0.969. The van der Waals surface area contributed by atoms with Crippen molar-refractivity contribution in [1.29, 1.82) is 5.41 Å². The molecule has 0 bridgehead atoms. The van der Waals surface area contributed by atoms with Crippen LogP contribution in [-0.4, -0.2) is 18.9 Å². The summed E-state index contributed by atoms with van der Waals surface area (Å²) in [7, 11) is 1.77. The second-order valence-electron chi connectivity index (χ2n) is 6.34. The summed E-state index contributed by atoms with van der Waals surface area (Å²) in [6.07, 6.45) is 2.22. The van der Waals surface area contributed by atoms with Crippen molar-refractivity contribution in [3.63, 3.8) is 0 Å². The average molecular weight is 213 g/mol. The highest BCUT2D eigenvalue weighted by molar-refractivity contribution is 5.84. The molecule has 1 N–H and O–H groups in total. The van der Waals surface area contributed by atoms with Crippen LogP contribution in [-0.2, 0) is 4.74 Å². The van der Waals surface area contributed by atoms with Gasteiger partial charge >= 0.3 is 0 Å². The predicted octanol–water partition coefficient (Wildman–Crippen LogP) is 3.89. The molecule has 0 fully saturated rings. The molecule has 0 spiro atoms. The fraction of sp³-hybridized carbons (Fsp3) is 0.923. The summed E-state index contributed by atoms with van der Waals surface area (Å²) in [6.45, 7) is 12.8. The van der Waals surface area contributed by atoms with Gasteiger partial charge in [-0.3, -0.25) is 0 Å². The third kappa shape index (κ3) is 5.93. The summed E-state index contributed by atoms with van der Waals surface area (Å²) in [5, 5.41) is 7.74. The second kappa shape index (κ2) is 5.11. The van der Waals surface area contributed by atoms with Gasteiger partial charge < -0.3 is 10.1 Å². The minimum atomic E-state index is -0.0497. The molecule has 0 aliphatic rings. The van der Waals surface area contributed by atoms with Crippen LogP contribution in [0.1, 0.15) is 54.4 Å². The Labute approximate surface area is 94.9 Å². The Bertz CT molecular complexity index is 213. The van der Waals surface area contributed by atoms with Crippen molar-refractivity contribution in [2.24, 2.45) is 10.8 Å². The number of hydrogen-bond acceptors (Lipinski definition) is 2. The van der Waals surface area contributed by atoms with Gasteiger partial charge in [-0.2, -0.15) is 0 Å². The van der Waals surface area contributed by atoms with Gasteiger partial charge in [0.1, 0.15) is 0 Å². The molecule has 0 heterocycles. The van der Waals surface area contributed by atoms with E-state index in [1.807, 2.05) is 6.92 Å². The average Bonchev–Trinajstić information content (AvgIpc) is 1.99. The maximum absolute atomic E-state index is 7.74. The van der Waals surface area contributed by atoms with Crippen molar-refractivity contribution in [3.8, 4) is 0 Å². The molecule has 1 unspecified atom stereocenters. The number of ether oxygens (including phenoxy) is 1. The van der Waals surface area contributed by atoms with Crippen molar-refractivity contribution < 1.29 is 4.74 Å². The molecule has 2 nitrogen and oxygen atoms in total. The van der Waals surface area contributed by atoms with E-state index < -0.39 is 0 Å². The Hall–Kier alpha value is -0.370. The Morgan fingerprint density at radius 1 is 1.13 bits per heavy atom. The highest BCUT2D eigenvalue weighted by atomic mass is 16.5. The summed E-state index contributed by atoms with van der Waals surface area (Å²) in [5.74, 6) is 0. The van der Waals surface area contributed by atoms with E-state index in [0.29, 0.717) is 0 Å². The van der Waals surface area contributed by atoms with Crippen molar-refractivity contribution in [2.75, 3.05) is 7.11 Å². The molecule has 0 aliphatic carbocycles. The minimum absolute atomic E-state index is 0.0497. The van der Waals surface area contributed by atoms with E-state index in [1.165, 1.54) is 0 Å². The summed E-state index contributed by atoms with van der Waals surface area (Å²) >= 11 is 0. The van der Waals surface area contributed by atoms with Gasteiger partial charge in [0.2, 0.25) is 0 Å². The van der Waals surface area contributed by atoms with Crippen LogP contribution in [0.3, 0.4) is 0 Å². The van der Waals surface area contributed by atoms with Gasteiger partial charge in [0.05, 0.1) is 6.10 Å². The van der Waals surface area contributed by atoms with Crippen LogP contribution in [0.2, 0.25) is 0 Å². The van der Waals surface area contributed by atoms with Crippen LogP contribution in [0.25, 0.3) is 0 Å². The van der Waals surface area contributed by atoms with Crippen LogP contribution in [0.5, 0.6) is 0 Å². The predicted molar refractivity (Wildman–Crippen MR) is 66.7 cm³/mol. The largest absolute Gasteiger partial charge is 0.381 e. The molecule has 2 heteroatoms. The quantitative estimate of drug-likeness (QED) is 0.690. The van der Waals surface area contributed by atoms with Gasteiger partial charge in [0.25, 0.3) is 0 Å². The molecule has 90 valence electrons. The SMILES string of the molecule is COC(CC(C)(C)C)CC(C)(C)C(C)=N. The summed E-state index contributed by atoms with van der Waals surface area (Å²) < 4.78 is 5.52. The molecular weight excluding hydrogens is 186 g/mol. The minimum Gasteiger partial charge on any atom is -0.381 e. The standard InChI is InChI=1S/C13H27NO/c1-10(14)13(5,6)9-11(15-7)8-12(2,3)4/h11,14H,8-9H2,1-7H3. The molecule has 0 aliphatic heterocycles. The van der Waals surface area contributed by atoms with E-state index >= 15 is 0 Å². The first-order chi connectivity index (χ1) is 6.58. The fourth-order valence-electron chi connectivity index (χ4n) is 1.64. The van der Waals surface area contributed by atoms with Crippen molar-refractivity contribution >= 4 is 5.71 Å². The van der Waals surface area contributed by atoms with E-state index in [9.17, 15) is 0 Å². The molecule has 0 saturated carbocycles. The number of nitrogens with one attached hydrogen (secondary N) is 1.